The maximum absolute atomic E-state index is 12.7. The molecule has 3 rings (SSSR count). The van der Waals surface area contributed by atoms with Crippen LogP contribution < -0.4 is 39.4 Å². The number of hydrogen-bond donors (Lipinski definition) is 1. The van der Waals surface area contributed by atoms with E-state index in [2.05, 4.69) is 19.1 Å². The van der Waals surface area contributed by atoms with E-state index in [9.17, 15) is 4.79 Å². The van der Waals surface area contributed by atoms with Crippen molar-refractivity contribution in [1.29, 1.82) is 0 Å². The molecule has 7 heteroatoms. The number of ketones is 1. The van der Waals surface area contributed by atoms with Gasteiger partial charge in [-0.15, -0.1) is 0 Å². The van der Waals surface area contributed by atoms with Gasteiger partial charge in [-0.25, -0.2) is 4.98 Å². The molecule has 1 aromatic heterocycles. The van der Waals surface area contributed by atoms with Crippen LogP contribution in [0.5, 0.6) is 5.75 Å². The van der Waals surface area contributed by atoms with Crippen molar-refractivity contribution in [2.45, 2.75) is 6.42 Å². The molecule has 0 radical (unpaired) electrons. The van der Waals surface area contributed by atoms with Crippen LogP contribution >= 0.6 is 0 Å². The van der Waals surface area contributed by atoms with E-state index in [1.54, 1.807) is 6.08 Å². The first-order valence-electron chi connectivity index (χ1n) is 9.27. The predicted molar refractivity (Wildman–Crippen MR) is 112 cm³/mol. The number of pyridine rings is 1. The van der Waals surface area contributed by atoms with Crippen LogP contribution in [0.25, 0.3) is 16.8 Å². The van der Waals surface area contributed by atoms with Gasteiger partial charge in [0.1, 0.15) is 5.75 Å². The van der Waals surface area contributed by atoms with Crippen LogP contribution in [-0.4, -0.2) is 38.5 Å². The van der Waals surface area contributed by atoms with Gasteiger partial charge in [-0.3, -0.25) is 4.79 Å². The molecule has 0 saturated heterocycles. The van der Waals surface area contributed by atoms with E-state index in [-0.39, 0.29) is 36.1 Å². The van der Waals surface area contributed by atoms with Crippen LogP contribution in [0.3, 0.4) is 0 Å². The minimum absolute atomic E-state index is 0. The number of hydrogen-bond acceptors (Lipinski definition) is 2. The van der Waals surface area contributed by atoms with Crippen LogP contribution in [0.4, 0.5) is 0 Å². The number of aromatic amines is 1. The van der Waals surface area contributed by atoms with Gasteiger partial charge < -0.3 is 39.9 Å². The van der Waals surface area contributed by atoms with Crippen molar-refractivity contribution in [1.82, 2.24) is 0 Å². The monoisotopic (exact) mass is 450 g/mol. The fraction of sp³-hybridized carbons (Fsp3) is 0.217. The van der Waals surface area contributed by atoms with E-state index >= 15 is 0 Å². The maximum Gasteiger partial charge on any atom is 0.186 e. The molecule has 0 aliphatic carbocycles. The molecule has 4 N–H and O–H groups in total. The minimum atomic E-state index is -0.0159. The van der Waals surface area contributed by atoms with Gasteiger partial charge in [-0.1, -0.05) is 24.3 Å². The predicted octanol–water partition coefficient (Wildman–Crippen LogP) is -4.35. The average molecular weight is 451 g/mol. The van der Waals surface area contributed by atoms with Crippen molar-refractivity contribution in [3.05, 3.63) is 78.1 Å². The van der Waals surface area contributed by atoms with E-state index in [0.29, 0.717) is 12.2 Å². The van der Waals surface area contributed by atoms with Crippen LogP contribution in [0.15, 0.2) is 67.0 Å². The van der Waals surface area contributed by atoms with Crippen LogP contribution in [0.1, 0.15) is 22.3 Å². The lowest BCUT2D eigenvalue weighted by molar-refractivity contribution is -0.858. The van der Waals surface area contributed by atoms with Crippen molar-refractivity contribution in [2.75, 3.05) is 27.2 Å². The van der Waals surface area contributed by atoms with E-state index in [1.807, 2.05) is 67.0 Å². The molecule has 0 spiro atoms. The number of nitrogens with one attached hydrogen (secondary N) is 2. The largest absolute Gasteiger partial charge is 1.00 e. The van der Waals surface area contributed by atoms with Crippen molar-refractivity contribution >= 4 is 22.6 Å². The summed E-state index contributed by atoms with van der Waals surface area (Å²) in [6, 6.07) is 15.5. The highest BCUT2D eigenvalue weighted by molar-refractivity contribution is 6.15. The second-order valence-electron chi connectivity index (χ2n) is 6.85. The molecule has 3 aromatic rings. The number of H-pyrrole nitrogens is 1. The molecular formula is C23H28Cl2N2O3. The Balaban J connectivity index is 0.00000280. The second-order valence-corrected chi connectivity index (χ2v) is 6.85. The van der Waals surface area contributed by atoms with Crippen molar-refractivity contribution in [2.24, 2.45) is 0 Å². The van der Waals surface area contributed by atoms with Gasteiger partial charge in [-0.2, -0.15) is 0 Å². The summed E-state index contributed by atoms with van der Waals surface area (Å²) >= 11 is 0. The fourth-order valence-electron chi connectivity index (χ4n) is 2.99. The molecule has 0 aliphatic heterocycles. The number of aromatic nitrogens is 1. The molecule has 162 valence electrons. The highest BCUT2D eigenvalue weighted by atomic mass is 35.5. The van der Waals surface area contributed by atoms with Gasteiger partial charge in [-0.05, 0) is 35.7 Å². The Morgan fingerprint density at radius 3 is 2.43 bits per heavy atom. The Morgan fingerprint density at radius 2 is 1.77 bits per heavy atom. The number of carbonyl (C=O) groups is 1. The Hall–Kier alpha value is -2.44. The zero-order valence-corrected chi connectivity index (χ0v) is 18.6. The van der Waals surface area contributed by atoms with Gasteiger partial charge >= 0.3 is 0 Å². The second kappa shape index (κ2) is 13.7. The lowest BCUT2D eigenvalue weighted by Gasteiger charge is -2.12. The highest BCUT2D eigenvalue weighted by Gasteiger charge is 2.11. The number of allylic oxidation sites excluding steroid dienone is 1. The molecule has 0 saturated carbocycles. The average Bonchev–Trinajstić information content (AvgIpc) is 2.70. The van der Waals surface area contributed by atoms with Crippen LogP contribution in [0, 0.1) is 0 Å². The minimum Gasteiger partial charge on any atom is -1.00 e. The number of fused-ring (bicyclic) bond motifs is 1. The normalized spacial score (nSPS) is 10.2. The molecule has 0 atom stereocenters. The molecule has 1 heterocycles. The summed E-state index contributed by atoms with van der Waals surface area (Å²) in [5, 5.41) is 1.89. The molecule has 5 nitrogen and oxygen atoms in total. The Labute approximate surface area is 189 Å². The van der Waals surface area contributed by atoms with Crippen LogP contribution in [0.2, 0.25) is 0 Å². The van der Waals surface area contributed by atoms with E-state index < -0.39 is 0 Å². The molecule has 0 amide bonds. The third-order valence-corrected chi connectivity index (χ3v) is 4.39. The third-order valence-electron chi connectivity index (χ3n) is 4.39. The first-order chi connectivity index (χ1) is 13.1. The van der Waals surface area contributed by atoms with E-state index in [4.69, 9.17) is 4.74 Å². The summed E-state index contributed by atoms with van der Waals surface area (Å²) in [4.78, 5) is 17.2. The van der Waals surface area contributed by atoms with Gasteiger partial charge in [0.15, 0.2) is 18.2 Å². The SMILES string of the molecule is C[NH+](C)CCCOc1ccc(C(=O)/C=C/c2ccc[nH+]c2)c2ccccc12.O.[Cl-].[Cl-]. The van der Waals surface area contributed by atoms with Gasteiger partial charge in [0.25, 0.3) is 0 Å². The molecule has 0 aliphatic rings. The zero-order chi connectivity index (χ0) is 19.1. The lowest BCUT2D eigenvalue weighted by atomic mass is 10.00. The molecule has 0 fully saturated rings. The summed E-state index contributed by atoms with van der Waals surface area (Å²) in [6.07, 6.45) is 8.13. The smallest absolute Gasteiger partial charge is 0.186 e. The van der Waals surface area contributed by atoms with Crippen molar-refractivity contribution < 1.29 is 49.7 Å². The van der Waals surface area contributed by atoms with Gasteiger partial charge in [0, 0.05) is 29.0 Å². The number of rotatable bonds is 8. The lowest BCUT2D eigenvalue weighted by Crippen LogP contribution is -3.05. The van der Waals surface area contributed by atoms with E-state index in [1.165, 1.54) is 4.90 Å². The van der Waals surface area contributed by atoms with Crippen molar-refractivity contribution in [3.8, 4) is 5.75 Å². The first kappa shape index (κ1) is 27.6. The number of benzene rings is 2. The molecule has 30 heavy (non-hydrogen) atoms. The third kappa shape index (κ3) is 7.43. The fourth-order valence-corrected chi connectivity index (χ4v) is 2.99. The quantitative estimate of drug-likeness (QED) is 0.214. The number of ether oxygens (including phenoxy) is 1. The van der Waals surface area contributed by atoms with Gasteiger partial charge in [0.05, 0.1) is 27.2 Å². The molecule has 0 unspecified atom stereocenters. The van der Waals surface area contributed by atoms with E-state index in [0.717, 1.165) is 35.1 Å². The summed E-state index contributed by atoms with van der Waals surface area (Å²) in [5.41, 5.74) is 1.64. The first-order valence-corrected chi connectivity index (χ1v) is 9.27. The number of halogens is 2. The Bertz CT molecular complexity index is 948. The maximum atomic E-state index is 12.7. The number of quaternary nitrogens is 1. The standard InChI is InChI=1S/C23H24N2O2.2ClH.H2O/c1-25(2)15-6-16-27-23-13-11-20(19-8-3-4-9-21(19)23)22(26)12-10-18-7-5-14-24-17-18;;;/h3-5,7-14,17H,6,15-16H2,1-2H3;2*1H;1H2/b12-10+;;;. The Morgan fingerprint density at radius 1 is 1.03 bits per heavy atom. The van der Waals surface area contributed by atoms with Gasteiger partial charge in [0.2, 0.25) is 0 Å². The van der Waals surface area contributed by atoms with Crippen LogP contribution in [-0.2, 0) is 0 Å². The molecule has 2 aromatic carbocycles. The topological polar surface area (TPSA) is 76.4 Å². The summed E-state index contributed by atoms with van der Waals surface area (Å²) in [7, 11) is 4.27. The number of carbonyl (C=O) groups excluding carboxylic acids is 1. The molecule has 0 bridgehead atoms. The summed E-state index contributed by atoms with van der Waals surface area (Å²) in [6.45, 7) is 1.74. The Kier molecular flexibility index (Phi) is 12.6. The summed E-state index contributed by atoms with van der Waals surface area (Å²) in [5.74, 6) is 0.815. The molecular weight excluding hydrogens is 423 g/mol. The summed E-state index contributed by atoms with van der Waals surface area (Å²) < 4.78 is 5.99. The zero-order valence-electron chi connectivity index (χ0n) is 17.1. The van der Waals surface area contributed by atoms with Crippen molar-refractivity contribution in [3.63, 3.8) is 0 Å². The highest BCUT2D eigenvalue weighted by Crippen LogP contribution is 2.29.